The summed E-state index contributed by atoms with van der Waals surface area (Å²) in [6.45, 7) is 2.83. The summed E-state index contributed by atoms with van der Waals surface area (Å²) in [7, 11) is 0. The number of amides is 1. The summed E-state index contributed by atoms with van der Waals surface area (Å²) < 4.78 is 15.2. The molecule has 0 atom stereocenters. The topological polar surface area (TPSA) is 78.0 Å². The second-order valence-corrected chi connectivity index (χ2v) is 6.14. The van der Waals surface area contributed by atoms with Gasteiger partial charge in [0.05, 0.1) is 0 Å². The Hall–Kier alpha value is -2.50. The van der Waals surface area contributed by atoms with Crippen molar-refractivity contribution in [1.82, 2.24) is 24.6 Å². The Morgan fingerprint density at radius 3 is 2.72 bits per heavy atom. The largest absolute Gasteiger partial charge is 0.339 e. The van der Waals surface area contributed by atoms with Crippen LogP contribution in [0, 0.1) is 17.1 Å². The zero-order valence-electron chi connectivity index (χ0n) is 13.4. The minimum absolute atomic E-state index is 0.0411. The van der Waals surface area contributed by atoms with Gasteiger partial charge in [0.15, 0.2) is 0 Å². The Bertz CT molecular complexity index is 789. The molecule has 1 amide bonds. The number of hydrogen-bond acceptors (Lipinski definition) is 5. The van der Waals surface area contributed by atoms with E-state index in [0.29, 0.717) is 43.3 Å². The summed E-state index contributed by atoms with van der Waals surface area (Å²) in [5, 5.41) is 13.0. The lowest BCUT2D eigenvalue weighted by atomic mass is 10.2. The van der Waals surface area contributed by atoms with Gasteiger partial charge in [-0.2, -0.15) is 5.26 Å². The second-order valence-electron chi connectivity index (χ2n) is 5.73. The number of piperazine rings is 1. The van der Waals surface area contributed by atoms with Crippen molar-refractivity contribution in [2.75, 3.05) is 26.2 Å². The molecule has 0 unspecified atom stereocenters. The van der Waals surface area contributed by atoms with E-state index in [-0.39, 0.29) is 24.1 Å². The van der Waals surface area contributed by atoms with E-state index in [1.54, 1.807) is 17.0 Å². The van der Waals surface area contributed by atoms with E-state index in [0.717, 1.165) is 0 Å². The lowest BCUT2D eigenvalue weighted by Crippen LogP contribution is -2.49. The highest BCUT2D eigenvalue weighted by Crippen LogP contribution is 2.21. The summed E-state index contributed by atoms with van der Waals surface area (Å²) >= 11 is 6.06. The fourth-order valence-corrected chi connectivity index (χ4v) is 2.95. The summed E-state index contributed by atoms with van der Waals surface area (Å²) in [5.41, 5.74) is 0.482. The summed E-state index contributed by atoms with van der Waals surface area (Å²) in [6.07, 6.45) is 1.37. The van der Waals surface area contributed by atoms with Crippen molar-refractivity contribution in [3.63, 3.8) is 0 Å². The van der Waals surface area contributed by atoms with Crippen LogP contribution in [-0.4, -0.2) is 56.7 Å². The first-order chi connectivity index (χ1) is 12.1. The Labute approximate surface area is 149 Å². The van der Waals surface area contributed by atoms with Gasteiger partial charge in [-0.3, -0.25) is 9.69 Å². The summed E-state index contributed by atoms with van der Waals surface area (Å²) in [6, 6.07) is 6.48. The second kappa shape index (κ2) is 7.59. The lowest BCUT2D eigenvalue weighted by molar-refractivity contribution is -0.133. The first-order valence-corrected chi connectivity index (χ1v) is 8.17. The highest BCUT2D eigenvalue weighted by Gasteiger charge is 2.23. The predicted molar refractivity (Wildman–Crippen MR) is 88.0 cm³/mol. The molecule has 1 aliphatic rings. The minimum Gasteiger partial charge on any atom is -0.339 e. The summed E-state index contributed by atoms with van der Waals surface area (Å²) in [5.74, 6) is -0.358. The zero-order chi connectivity index (χ0) is 17.8. The van der Waals surface area contributed by atoms with Crippen LogP contribution in [0.3, 0.4) is 0 Å². The van der Waals surface area contributed by atoms with Gasteiger partial charge in [0.25, 0.3) is 5.82 Å². The maximum absolute atomic E-state index is 13.9. The number of halogens is 2. The molecule has 9 heteroatoms. The maximum atomic E-state index is 13.9. The van der Waals surface area contributed by atoms with E-state index in [2.05, 4.69) is 15.0 Å². The Morgan fingerprint density at radius 2 is 2.08 bits per heavy atom. The van der Waals surface area contributed by atoms with Crippen molar-refractivity contribution in [2.24, 2.45) is 0 Å². The molecule has 1 fully saturated rings. The molecule has 0 N–H and O–H groups in total. The molecule has 2 aromatic rings. The molecule has 7 nitrogen and oxygen atoms in total. The molecule has 0 radical (unpaired) electrons. The average molecular weight is 363 g/mol. The molecule has 25 heavy (non-hydrogen) atoms. The molecule has 0 saturated carbocycles. The van der Waals surface area contributed by atoms with Gasteiger partial charge in [0.1, 0.15) is 24.8 Å². The highest BCUT2D eigenvalue weighted by molar-refractivity contribution is 6.31. The fraction of sp³-hybridized carbons (Fsp3) is 0.375. The van der Waals surface area contributed by atoms with E-state index < -0.39 is 0 Å². The van der Waals surface area contributed by atoms with Crippen molar-refractivity contribution in [3.8, 4) is 6.07 Å². The van der Waals surface area contributed by atoms with Gasteiger partial charge in [0.2, 0.25) is 5.91 Å². The minimum atomic E-state index is -0.314. The van der Waals surface area contributed by atoms with Crippen molar-refractivity contribution >= 4 is 17.5 Å². The van der Waals surface area contributed by atoms with Gasteiger partial charge < -0.3 is 4.90 Å². The van der Waals surface area contributed by atoms with Crippen molar-refractivity contribution in [2.45, 2.75) is 13.1 Å². The van der Waals surface area contributed by atoms with Crippen molar-refractivity contribution in [1.29, 1.82) is 5.26 Å². The molecule has 1 aromatic heterocycles. The number of hydrogen-bond donors (Lipinski definition) is 0. The standard InChI is InChI=1S/C16H16ClFN6O/c17-13-2-1-3-14(18)12(13)9-22-4-6-23(7-5-22)16(25)10-24-11-20-15(8-19)21-24/h1-3,11H,4-7,9-10H2. The van der Waals surface area contributed by atoms with Crippen molar-refractivity contribution < 1.29 is 9.18 Å². The van der Waals surface area contributed by atoms with Gasteiger partial charge in [-0.1, -0.05) is 17.7 Å². The molecule has 2 heterocycles. The van der Waals surface area contributed by atoms with Crippen LogP contribution in [0.1, 0.15) is 11.4 Å². The van der Waals surface area contributed by atoms with E-state index in [9.17, 15) is 9.18 Å². The first kappa shape index (κ1) is 17.3. The van der Waals surface area contributed by atoms with Gasteiger partial charge in [-0.15, -0.1) is 5.10 Å². The average Bonchev–Trinajstić information content (AvgIpc) is 3.06. The molecular weight excluding hydrogens is 347 g/mol. The van der Waals surface area contributed by atoms with E-state index >= 15 is 0 Å². The third-order valence-electron chi connectivity index (χ3n) is 4.10. The Balaban J connectivity index is 1.53. The molecule has 130 valence electrons. The van der Waals surface area contributed by atoms with Crippen LogP contribution >= 0.6 is 11.6 Å². The third kappa shape index (κ3) is 4.13. The van der Waals surface area contributed by atoms with Crippen LogP contribution in [-0.2, 0) is 17.9 Å². The van der Waals surface area contributed by atoms with Crippen LogP contribution in [0.25, 0.3) is 0 Å². The highest BCUT2D eigenvalue weighted by atomic mass is 35.5. The number of nitrogens with zero attached hydrogens (tertiary/aromatic N) is 6. The van der Waals surface area contributed by atoms with Crippen LogP contribution in [0.5, 0.6) is 0 Å². The number of benzene rings is 1. The quantitative estimate of drug-likeness (QED) is 0.819. The SMILES string of the molecule is N#Cc1ncn(CC(=O)N2CCN(Cc3c(F)cccc3Cl)CC2)n1. The molecule has 1 aliphatic heterocycles. The number of aromatic nitrogens is 3. The number of carbonyl (C=O) groups excluding carboxylic acids is 1. The molecule has 1 aromatic carbocycles. The van der Waals surface area contributed by atoms with Crippen LogP contribution < -0.4 is 0 Å². The van der Waals surface area contributed by atoms with Crippen LogP contribution in [0.4, 0.5) is 4.39 Å². The van der Waals surface area contributed by atoms with Gasteiger partial charge in [-0.25, -0.2) is 14.1 Å². The van der Waals surface area contributed by atoms with E-state index in [1.807, 2.05) is 6.07 Å². The monoisotopic (exact) mass is 362 g/mol. The van der Waals surface area contributed by atoms with Crippen LogP contribution in [0.2, 0.25) is 5.02 Å². The fourth-order valence-electron chi connectivity index (χ4n) is 2.72. The Kier molecular flexibility index (Phi) is 5.26. The third-order valence-corrected chi connectivity index (χ3v) is 4.46. The number of rotatable bonds is 4. The maximum Gasteiger partial charge on any atom is 0.252 e. The number of carbonyl (C=O) groups is 1. The molecule has 0 spiro atoms. The zero-order valence-corrected chi connectivity index (χ0v) is 14.2. The van der Waals surface area contributed by atoms with Gasteiger partial charge in [0, 0.05) is 43.3 Å². The van der Waals surface area contributed by atoms with E-state index in [4.69, 9.17) is 16.9 Å². The molecule has 1 saturated heterocycles. The number of nitriles is 1. The van der Waals surface area contributed by atoms with Crippen molar-refractivity contribution in [3.05, 3.63) is 46.8 Å². The predicted octanol–water partition coefficient (Wildman–Crippen LogP) is 1.29. The first-order valence-electron chi connectivity index (χ1n) is 7.79. The smallest absolute Gasteiger partial charge is 0.252 e. The molecule has 0 aliphatic carbocycles. The molecule has 0 bridgehead atoms. The van der Waals surface area contributed by atoms with Crippen LogP contribution in [0.15, 0.2) is 24.5 Å². The van der Waals surface area contributed by atoms with Gasteiger partial charge in [-0.05, 0) is 12.1 Å². The normalized spacial score (nSPS) is 15.2. The van der Waals surface area contributed by atoms with E-state index in [1.165, 1.54) is 17.1 Å². The molecular formula is C16H16ClFN6O. The van der Waals surface area contributed by atoms with Gasteiger partial charge >= 0.3 is 0 Å². The molecule has 3 rings (SSSR count). The Morgan fingerprint density at radius 1 is 1.32 bits per heavy atom. The lowest BCUT2D eigenvalue weighted by Gasteiger charge is -2.34. The summed E-state index contributed by atoms with van der Waals surface area (Å²) in [4.78, 5) is 19.9.